The molecule has 1 aromatic rings. The SMILES string of the molecule is CCN(Cc1cn(CC)nc1C)C(=O)[C@H]1CN(S(C)(=O)=O)C[C@@]12OCCNC2=O. The second-order valence-electron chi connectivity index (χ2n) is 7.55. The number of rotatable bonds is 6. The van der Waals surface area contributed by atoms with Crippen molar-refractivity contribution < 1.29 is 22.7 Å². The van der Waals surface area contributed by atoms with Crippen molar-refractivity contribution in [2.75, 3.05) is 39.0 Å². The molecule has 29 heavy (non-hydrogen) atoms. The summed E-state index contributed by atoms with van der Waals surface area (Å²) in [6, 6.07) is 0. The number of morpholine rings is 1. The van der Waals surface area contributed by atoms with Crippen molar-refractivity contribution in [3.05, 3.63) is 17.5 Å². The molecule has 0 aromatic carbocycles. The number of hydrogen-bond acceptors (Lipinski definition) is 6. The molecule has 0 saturated carbocycles. The Balaban J connectivity index is 1.90. The fraction of sp³-hybridized carbons (Fsp3) is 0.722. The van der Waals surface area contributed by atoms with Crippen molar-refractivity contribution in [1.82, 2.24) is 24.3 Å². The van der Waals surface area contributed by atoms with E-state index in [-0.39, 0.29) is 25.6 Å². The van der Waals surface area contributed by atoms with Gasteiger partial charge in [-0.1, -0.05) is 0 Å². The molecule has 2 aliphatic rings. The van der Waals surface area contributed by atoms with Gasteiger partial charge >= 0.3 is 0 Å². The summed E-state index contributed by atoms with van der Waals surface area (Å²) in [5.74, 6) is -1.63. The maximum Gasteiger partial charge on any atom is 0.254 e. The van der Waals surface area contributed by atoms with Crippen LogP contribution in [0.4, 0.5) is 0 Å². The summed E-state index contributed by atoms with van der Waals surface area (Å²) in [5, 5.41) is 7.14. The molecule has 0 bridgehead atoms. The molecule has 1 spiro atoms. The molecule has 162 valence electrons. The van der Waals surface area contributed by atoms with E-state index in [0.717, 1.165) is 28.4 Å². The zero-order valence-electron chi connectivity index (χ0n) is 17.3. The highest BCUT2D eigenvalue weighted by Gasteiger charge is 2.59. The van der Waals surface area contributed by atoms with Crippen molar-refractivity contribution in [2.24, 2.45) is 5.92 Å². The van der Waals surface area contributed by atoms with Gasteiger partial charge in [0, 0.05) is 44.5 Å². The standard InChI is InChI=1S/C18H29N5O5S/c1-5-21(9-14-10-22(6-2)20-13(14)3)16(24)15-11-23(29(4,26)27)12-18(15)17(25)19-7-8-28-18/h10,15H,5-9,11-12H2,1-4H3,(H,19,25)/t15-,18-/m1/s1. The van der Waals surface area contributed by atoms with Crippen LogP contribution >= 0.6 is 0 Å². The topological polar surface area (TPSA) is 114 Å². The highest BCUT2D eigenvalue weighted by molar-refractivity contribution is 7.88. The second-order valence-corrected chi connectivity index (χ2v) is 9.53. The van der Waals surface area contributed by atoms with Crippen LogP contribution in [0.3, 0.4) is 0 Å². The average Bonchev–Trinajstić information content (AvgIpc) is 3.23. The molecular weight excluding hydrogens is 398 g/mol. The number of amides is 2. The molecule has 2 amide bonds. The molecule has 1 N–H and O–H groups in total. The number of hydrogen-bond donors (Lipinski definition) is 1. The minimum absolute atomic E-state index is 0.0746. The first-order chi connectivity index (χ1) is 13.6. The second kappa shape index (κ2) is 8.04. The summed E-state index contributed by atoms with van der Waals surface area (Å²) in [6.07, 6.45) is 2.98. The maximum atomic E-state index is 13.5. The first-order valence-electron chi connectivity index (χ1n) is 9.81. The number of ether oxygens (including phenoxy) is 1. The predicted molar refractivity (Wildman–Crippen MR) is 105 cm³/mol. The number of nitrogens with zero attached hydrogens (tertiary/aromatic N) is 4. The van der Waals surface area contributed by atoms with Gasteiger partial charge in [0.05, 0.1) is 31.0 Å². The highest BCUT2D eigenvalue weighted by atomic mass is 32.2. The van der Waals surface area contributed by atoms with E-state index in [1.54, 1.807) is 4.90 Å². The molecule has 3 rings (SSSR count). The van der Waals surface area contributed by atoms with Crippen molar-refractivity contribution in [1.29, 1.82) is 0 Å². The molecule has 2 saturated heterocycles. The van der Waals surface area contributed by atoms with Gasteiger partial charge in [-0.3, -0.25) is 14.3 Å². The molecule has 1 aromatic heterocycles. The summed E-state index contributed by atoms with van der Waals surface area (Å²) in [6.45, 7) is 7.57. The van der Waals surface area contributed by atoms with E-state index in [2.05, 4.69) is 10.4 Å². The number of carbonyl (C=O) groups excluding carboxylic acids is 2. The van der Waals surface area contributed by atoms with E-state index in [1.165, 1.54) is 0 Å². The smallest absolute Gasteiger partial charge is 0.254 e. The van der Waals surface area contributed by atoms with Gasteiger partial charge in [-0.05, 0) is 20.8 Å². The highest BCUT2D eigenvalue weighted by Crippen LogP contribution is 2.36. The monoisotopic (exact) mass is 427 g/mol. The summed E-state index contributed by atoms with van der Waals surface area (Å²) in [7, 11) is -3.58. The van der Waals surface area contributed by atoms with Crippen LogP contribution in [0.25, 0.3) is 0 Å². The van der Waals surface area contributed by atoms with E-state index in [0.29, 0.717) is 19.6 Å². The lowest BCUT2D eigenvalue weighted by molar-refractivity contribution is -0.166. The van der Waals surface area contributed by atoms with Gasteiger partial charge in [-0.15, -0.1) is 0 Å². The van der Waals surface area contributed by atoms with Crippen LogP contribution in [-0.4, -0.2) is 83.9 Å². The third-order valence-corrected chi connectivity index (χ3v) is 6.90. The van der Waals surface area contributed by atoms with E-state index >= 15 is 0 Å². The van der Waals surface area contributed by atoms with E-state index in [9.17, 15) is 18.0 Å². The first-order valence-corrected chi connectivity index (χ1v) is 11.7. The quantitative estimate of drug-likeness (QED) is 0.645. The first kappa shape index (κ1) is 21.7. The molecule has 0 aliphatic carbocycles. The van der Waals surface area contributed by atoms with Crippen molar-refractivity contribution in [2.45, 2.75) is 39.5 Å². The lowest BCUT2D eigenvalue weighted by atomic mass is 9.87. The molecule has 2 fully saturated rings. The summed E-state index contributed by atoms with van der Waals surface area (Å²) in [4.78, 5) is 27.8. The summed E-state index contributed by atoms with van der Waals surface area (Å²) < 4.78 is 33.1. The fourth-order valence-electron chi connectivity index (χ4n) is 3.96. The maximum absolute atomic E-state index is 13.5. The molecule has 3 heterocycles. The van der Waals surface area contributed by atoms with Crippen molar-refractivity contribution >= 4 is 21.8 Å². The zero-order valence-corrected chi connectivity index (χ0v) is 18.2. The van der Waals surface area contributed by atoms with Gasteiger partial charge in [0.25, 0.3) is 5.91 Å². The van der Waals surface area contributed by atoms with E-state index in [1.807, 2.05) is 31.6 Å². The Bertz CT molecular complexity index is 898. The molecule has 0 radical (unpaired) electrons. The Morgan fingerprint density at radius 3 is 2.72 bits per heavy atom. The van der Waals surface area contributed by atoms with E-state index < -0.39 is 27.4 Å². The van der Waals surface area contributed by atoms with Crippen LogP contribution in [0.1, 0.15) is 25.1 Å². The Morgan fingerprint density at radius 2 is 2.17 bits per heavy atom. The van der Waals surface area contributed by atoms with Crippen LogP contribution in [-0.2, 0) is 37.4 Å². The fourth-order valence-corrected chi connectivity index (χ4v) is 4.80. The lowest BCUT2D eigenvalue weighted by Crippen LogP contribution is -2.62. The summed E-state index contributed by atoms with van der Waals surface area (Å²) in [5.41, 5.74) is 0.265. The summed E-state index contributed by atoms with van der Waals surface area (Å²) >= 11 is 0. The molecule has 2 atom stereocenters. The van der Waals surface area contributed by atoms with E-state index in [4.69, 9.17) is 4.74 Å². The van der Waals surface area contributed by atoms with Gasteiger partial charge < -0.3 is 15.0 Å². The van der Waals surface area contributed by atoms with Gasteiger partial charge in [0.15, 0.2) is 5.60 Å². The zero-order chi connectivity index (χ0) is 21.4. The molecule has 10 nitrogen and oxygen atoms in total. The van der Waals surface area contributed by atoms with Crippen LogP contribution < -0.4 is 5.32 Å². The van der Waals surface area contributed by atoms with Crippen LogP contribution in [0.5, 0.6) is 0 Å². The minimum Gasteiger partial charge on any atom is -0.361 e. The number of carbonyl (C=O) groups is 2. The van der Waals surface area contributed by atoms with Crippen LogP contribution in [0, 0.1) is 12.8 Å². The third kappa shape index (κ3) is 4.03. The predicted octanol–water partition coefficient (Wildman–Crippen LogP) is -0.663. The van der Waals surface area contributed by atoms with Crippen LogP contribution in [0.2, 0.25) is 0 Å². The molecular formula is C18H29N5O5S. The molecule has 2 aliphatic heterocycles. The minimum atomic E-state index is -3.58. The lowest BCUT2D eigenvalue weighted by Gasteiger charge is -2.37. The van der Waals surface area contributed by atoms with Gasteiger partial charge in [0.1, 0.15) is 0 Å². The number of aryl methyl sites for hydroxylation is 2. The van der Waals surface area contributed by atoms with Gasteiger partial charge in [-0.25, -0.2) is 8.42 Å². The normalized spacial score (nSPS) is 25.4. The Hall–Kier alpha value is -1.98. The Morgan fingerprint density at radius 1 is 1.45 bits per heavy atom. The molecule has 11 heteroatoms. The number of nitrogens with one attached hydrogen (secondary N) is 1. The Kier molecular flexibility index (Phi) is 6.02. The van der Waals surface area contributed by atoms with Gasteiger partial charge in [-0.2, -0.15) is 9.40 Å². The Labute approximate surface area is 171 Å². The molecule has 0 unspecified atom stereocenters. The van der Waals surface area contributed by atoms with Crippen molar-refractivity contribution in [3.63, 3.8) is 0 Å². The number of aromatic nitrogens is 2. The van der Waals surface area contributed by atoms with Crippen molar-refractivity contribution in [3.8, 4) is 0 Å². The largest absolute Gasteiger partial charge is 0.361 e. The number of sulfonamides is 1. The van der Waals surface area contributed by atoms with Crippen LogP contribution in [0.15, 0.2) is 6.20 Å². The third-order valence-electron chi connectivity index (χ3n) is 5.69. The average molecular weight is 428 g/mol. The van der Waals surface area contributed by atoms with Gasteiger partial charge in [0.2, 0.25) is 15.9 Å².